The predicted octanol–water partition coefficient (Wildman–Crippen LogP) is -2.05. The number of carbonyl (C=O) groups excluding carboxylic acids is 7. The van der Waals surface area contributed by atoms with Crippen LogP contribution < -0.4 is 21.4 Å². The van der Waals surface area contributed by atoms with Gasteiger partial charge in [0, 0.05) is 20.1 Å². The number of esters is 1. The highest BCUT2D eigenvalue weighted by atomic mass is 16.6. The molecule has 4 aliphatic heterocycles. The van der Waals surface area contributed by atoms with Crippen molar-refractivity contribution in [3.63, 3.8) is 0 Å². The molecule has 4 saturated heterocycles. The van der Waals surface area contributed by atoms with Gasteiger partial charge in [0.15, 0.2) is 17.7 Å². The molecule has 0 saturated carbocycles. The lowest BCUT2D eigenvalue weighted by Crippen LogP contribution is -2.70. The summed E-state index contributed by atoms with van der Waals surface area (Å²) in [5.41, 5.74) is 0.0477. The van der Waals surface area contributed by atoms with Crippen molar-refractivity contribution in [3.05, 3.63) is 0 Å². The molecule has 4 heterocycles. The number of ether oxygens (including phenoxy) is 3. The van der Waals surface area contributed by atoms with Gasteiger partial charge in [0.25, 0.3) is 29.5 Å². The molecule has 0 bridgehead atoms. The van der Waals surface area contributed by atoms with Gasteiger partial charge < -0.3 is 40.0 Å². The van der Waals surface area contributed by atoms with Gasteiger partial charge in [-0.25, -0.2) is 20.3 Å². The molecule has 22 nitrogen and oxygen atoms in total. The molecule has 4 rings (SSSR count). The van der Waals surface area contributed by atoms with E-state index in [1.165, 1.54) is 21.0 Å². The SMILES string of the molecule is COCC1C(=O)NCC(=O)N2NCCCC2C(=O)N(O)C(C)C(=O)OC(C(C)C)C(NC(=O)C(C)(O)C2(O)CCC(CC(C)C)C(C)O2)C(=O)N2CNCCC2C(=O)N1O. The van der Waals surface area contributed by atoms with Gasteiger partial charge in [-0.15, -0.1) is 0 Å². The molecule has 340 valence electrons. The number of carbonyl (C=O) groups is 7. The van der Waals surface area contributed by atoms with Gasteiger partial charge >= 0.3 is 5.97 Å². The third-order valence-electron chi connectivity index (χ3n) is 11.8. The Hall–Kier alpha value is -4.03. The van der Waals surface area contributed by atoms with Crippen molar-refractivity contribution in [3.8, 4) is 0 Å². The van der Waals surface area contributed by atoms with E-state index in [4.69, 9.17) is 14.2 Å². The number of amides is 6. The van der Waals surface area contributed by atoms with E-state index >= 15 is 0 Å². The number of hydrogen-bond acceptors (Lipinski definition) is 16. The first-order chi connectivity index (χ1) is 28.1. The van der Waals surface area contributed by atoms with E-state index in [2.05, 4.69) is 21.4 Å². The summed E-state index contributed by atoms with van der Waals surface area (Å²) in [7, 11) is 1.20. The lowest BCUT2D eigenvalue weighted by atomic mass is 9.79. The summed E-state index contributed by atoms with van der Waals surface area (Å²) in [5, 5.41) is 54.7. The molecule has 0 aromatic rings. The molecule has 0 aromatic heterocycles. The quantitative estimate of drug-likeness (QED) is 0.0964. The fraction of sp³-hybridized carbons (Fsp3) is 0.816. The molecule has 6 amide bonds. The van der Waals surface area contributed by atoms with Crippen LogP contribution in [0.25, 0.3) is 0 Å². The van der Waals surface area contributed by atoms with E-state index in [-0.39, 0.29) is 55.1 Å². The lowest BCUT2D eigenvalue weighted by Gasteiger charge is -2.47. The number of hydrazine groups is 1. The molecule has 4 fully saturated rings. The Balaban J connectivity index is 1.79. The van der Waals surface area contributed by atoms with E-state index in [9.17, 15) is 54.2 Å². The van der Waals surface area contributed by atoms with Gasteiger partial charge in [-0.1, -0.05) is 27.7 Å². The smallest absolute Gasteiger partial charge is 0.331 e. The number of nitrogens with zero attached hydrogens (tertiary/aromatic N) is 4. The number of aliphatic hydroxyl groups is 2. The highest BCUT2D eigenvalue weighted by molar-refractivity contribution is 5.97. The van der Waals surface area contributed by atoms with Crippen molar-refractivity contribution in [2.24, 2.45) is 17.8 Å². The summed E-state index contributed by atoms with van der Waals surface area (Å²) in [6.45, 7) is 9.81. The Bertz CT molecular complexity index is 1600. The molecule has 4 aliphatic rings. The fourth-order valence-corrected chi connectivity index (χ4v) is 8.05. The zero-order valence-corrected chi connectivity index (χ0v) is 35.7. The maximum atomic E-state index is 14.9. The minimum absolute atomic E-state index is 0.0150. The molecule has 0 aliphatic carbocycles. The average molecular weight is 857 g/mol. The first-order valence-corrected chi connectivity index (χ1v) is 20.6. The van der Waals surface area contributed by atoms with Gasteiger partial charge in [-0.05, 0) is 77.2 Å². The third-order valence-corrected chi connectivity index (χ3v) is 11.8. The number of hydrogen-bond donors (Lipinski definition) is 8. The topological polar surface area (TPSA) is 289 Å². The Labute approximate surface area is 349 Å². The van der Waals surface area contributed by atoms with E-state index in [1.807, 2.05) is 13.8 Å². The Morgan fingerprint density at radius 2 is 1.65 bits per heavy atom. The van der Waals surface area contributed by atoms with Gasteiger partial charge in [0.1, 0.15) is 24.2 Å². The Morgan fingerprint density at radius 3 is 2.27 bits per heavy atom. The second-order valence-electron chi connectivity index (χ2n) is 17.0. The van der Waals surface area contributed by atoms with E-state index < -0.39 is 114 Å². The largest absolute Gasteiger partial charge is 0.458 e. The van der Waals surface area contributed by atoms with Crippen LogP contribution in [0.4, 0.5) is 0 Å². The van der Waals surface area contributed by atoms with Crippen LogP contribution in [-0.2, 0) is 47.8 Å². The number of fused-ring (bicyclic) bond motifs is 2. The van der Waals surface area contributed by atoms with E-state index in [0.717, 1.165) is 30.2 Å². The van der Waals surface area contributed by atoms with Gasteiger partial charge in [0.2, 0.25) is 11.7 Å². The van der Waals surface area contributed by atoms with Crippen LogP contribution in [0.5, 0.6) is 0 Å². The van der Waals surface area contributed by atoms with Crippen molar-refractivity contribution >= 4 is 41.4 Å². The summed E-state index contributed by atoms with van der Waals surface area (Å²) >= 11 is 0. The Kier molecular flexibility index (Phi) is 16.4. The molecule has 0 spiro atoms. The second kappa shape index (κ2) is 20.2. The molecule has 60 heavy (non-hydrogen) atoms. The number of nitrogens with one attached hydrogen (secondary N) is 4. The highest BCUT2D eigenvalue weighted by Crippen LogP contribution is 2.40. The summed E-state index contributed by atoms with van der Waals surface area (Å²) in [4.78, 5) is 98.5. The summed E-state index contributed by atoms with van der Waals surface area (Å²) in [6, 6.07) is -8.24. The average Bonchev–Trinajstić information content (AvgIpc) is 3.21. The van der Waals surface area contributed by atoms with Gasteiger partial charge in [0.05, 0.1) is 25.9 Å². The standard InChI is InChI=1S/C38H64N8O14/c1-20(2)16-24-11-13-38(55,60-23(24)6)37(7,54)36(53)42-29-30(21(3)4)59-35(52)22(5)45(56)33(50)26-10-9-14-41-44(26)28(47)17-40-31(48)27(18-58-8)46(57)32(49)25-12-15-39-19-43(25)34(29)51/h20-27,29-30,39,41,54-57H,9-19H2,1-8H3,(H,40,48)(H,42,53). The monoisotopic (exact) mass is 856 g/mol. The molecular weight excluding hydrogens is 792 g/mol. The molecule has 10 atom stereocenters. The van der Waals surface area contributed by atoms with Crippen molar-refractivity contribution < 1.29 is 68.4 Å². The minimum atomic E-state index is -2.71. The van der Waals surface area contributed by atoms with Crippen molar-refractivity contribution in [1.82, 2.24) is 41.4 Å². The zero-order valence-electron chi connectivity index (χ0n) is 35.7. The first-order valence-electron chi connectivity index (χ1n) is 20.6. The third kappa shape index (κ3) is 10.5. The fourth-order valence-electron chi connectivity index (χ4n) is 8.05. The molecular formula is C38H64N8O14. The zero-order chi connectivity index (χ0) is 44.9. The van der Waals surface area contributed by atoms with Crippen molar-refractivity contribution in [1.29, 1.82) is 0 Å². The minimum Gasteiger partial charge on any atom is -0.458 e. The predicted molar refractivity (Wildman–Crippen MR) is 206 cm³/mol. The number of cyclic esters (lactones) is 1. The van der Waals surface area contributed by atoms with Crippen molar-refractivity contribution in [2.45, 2.75) is 141 Å². The van der Waals surface area contributed by atoms with E-state index in [0.29, 0.717) is 18.8 Å². The second-order valence-corrected chi connectivity index (χ2v) is 17.0. The van der Waals surface area contributed by atoms with Crippen LogP contribution in [0.3, 0.4) is 0 Å². The molecule has 8 N–H and O–H groups in total. The highest BCUT2D eigenvalue weighted by Gasteiger charge is 2.57. The first kappa shape index (κ1) is 48.6. The number of hydroxylamine groups is 4. The van der Waals surface area contributed by atoms with Gasteiger partial charge in [-0.2, -0.15) is 0 Å². The maximum absolute atomic E-state index is 14.9. The van der Waals surface area contributed by atoms with Crippen LogP contribution in [0.2, 0.25) is 0 Å². The van der Waals surface area contributed by atoms with Crippen LogP contribution in [0, 0.1) is 17.8 Å². The summed E-state index contributed by atoms with van der Waals surface area (Å²) in [6.07, 6.45) is -0.882. The van der Waals surface area contributed by atoms with Crippen LogP contribution in [0.1, 0.15) is 87.0 Å². The normalized spacial score (nSPS) is 33.3. The van der Waals surface area contributed by atoms with Gasteiger partial charge in [-0.3, -0.25) is 49.5 Å². The molecule has 10 unspecified atom stereocenters. The molecule has 22 heteroatoms. The lowest BCUT2D eigenvalue weighted by molar-refractivity contribution is -0.326. The van der Waals surface area contributed by atoms with Crippen LogP contribution >= 0.6 is 0 Å². The molecule has 0 aromatic carbocycles. The summed E-state index contributed by atoms with van der Waals surface area (Å²) in [5.74, 6) is -10.6. The van der Waals surface area contributed by atoms with E-state index in [1.54, 1.807) is 6.92 Å². The number of rotatable bonds is 8. The van der Waals surface area contributed by atoms with Crippen molar-refractivity contribution in [2.75, 3.05) is 40.0 Å². The molecule has 0 radical (unpaired) electrons. The van der Waals surface area contributed by atoms with Crippen LogP contribution in [0.15, 0.2) is 0 Å². The Morgan fingerprint density at radius 1 is 0.983 bits per heavy atom. The van der Waals surface area contributed by atoms with Crippen LogP contribution in [-0.4, -0.2) is 176 Å². The maximum Gasteiger partial charge on any atom is 0.331 e. The number of methoxy groups -OCH3 is 1. The summed E-state index contributed by atoms with van der Waals surface area (Å²) < 4.78 is 16.9.